The van der Waals surface area contributed by atoms with Gasteiger partial charge in [0.25, 0.3) is 0 Å². The Hall–Kier alpha value is -1.91. The van der Waals surface area contributed by atoms with Gasteiger partial charge in [-0.05, 0) is 23.6 Å². The maximum atomic E-state index is 12.7. The van der Waals surface area contributed by atoms with E-state index < -0.39 is 11.9 Å². The van der Waals surface area contributed by atoms with Gasteiger partial charge in [-0.15, -0.1) is 0 Å². The fourth-order valence-corrected chi connectivity index (χ4v) is 1.74. The molecule has 2 amide bonds. The van der Waals surface area contributed by atoms with E-state index in [0.29, 0.717) is 5.56 Å². The molecule has 19 heavy (non-hydrogen) atoms. The van der Waals surface area contributed by atoms with Crippen LogP contribution in [0.2, 0.25) is 0 Å². The minimum absolute atomic E-state index is 0.0188. The molecule has 4 nitrogen and oxygen atoms in total. The number of halogens is 1. The Kier molecular flexibility index (Phi) is 5.48. The highest BCUT2D eigenvalue weighted by atomic mass is 19.1. The molecule has 0 radical (unpaired) electrons. The van der Waals surface area contributed by atoms with Crippen molar-refractivity contribution in [2.75, 3.05) is 0 Å². The number of hydrogen-bond donors (Lipinski definition) is 2. The predicted molar refractivity (Wildman–Crippen MR) is 70.7 cm³/mol. The molecule has 0 bridgehead atoms. The second-order valence-corrected chi connectivity index (χ2v) is 4.64. The monoisotopic (exact) mass is 266 g/mol. The third-order valence-corrected chi connectivity index (χ3v) is 3.11. The lowest BCUT2D eigenvalue weighted by molar-refractivity contribution is -0.128. The number of nitrogens with one attached hydrogen (secondary N) is 1. The van der Waals surface area contributed by atoms with Crippen LogP contribution >= 0.6 is 0 Å². The standard InChI is InChI=1S/C14H19FN2O2/c1-3-9(2)13(14(16)19)17-12(18)8-10-4-6-11(15)7-5-10/h4-7,9,13H,3,8H2,1-2H3,(H2,16,19)(H,17,18)/t9-,13+/m1/s1. The average molecular weight is 266 g/mol. The van der Waals surface area contributed by atoms with Gasteiger partial charge < -0.3 is 11.1 Å². The first-order chi connectivity index (χ1) is 8.93. The number of nitrogens with two attached hydrogens (primary N) is 1. The third-order valence-electron chi connectivity index (χ3n) is 3.11. The molecule has 1 rings (SSSR count). The summed E-state index contributed by atoms with van der Waals surface area (Å²) in [6, 6.07) is 5.00. The van der Waals surface area contributed by atoms with E-state index in [1.807, 2.05) is 13.8 Å². The minimum atomic E-state index is -0.669. The van der Waals surface area contributed by atoms with Crippen molar-refractivity contribution in [1.29, 1.82) is 0 Å². The number of rotatable bonds is 6. The van der Waals surface area contributed by atoms with E-state index >= 15 is 0 Å². The molecule has 2 atom stereocenters. The van der Waals surface area contributed by atoms with Crippen molar-refractivity contribution < 1.29 is 14.0 Å². The summed E-state index contributed by atoms with van der Waals surface area (Å²) in [5, 5.41) is 2.62. The predicted octanol–water partition coefficient (Wildman–Crippen LogP) is 1.38. The highest BCUT2D eigenvalue weighted by Crippen LogP contribution is 2.08. The van der Waals surface area contributed by atoms with E-state index in [4.69, 9.17) is 5.73 Å². The fraction of sp³-hybridized carbons (Fsp3) is 0.429. The van der Waals surface area contributed by atoms with Crippen molar-refractivity contribution in [1.82, 2.24) is 5.32 Å². The molecule has 5 heteroatoms. The average Bonchev–Trinajstić information content (AvgIpc) is 2.37. The van der Waals surface area contributed by atoms with Gasteiger partial charge in [-0.25, -0.2) is 4.39 Å². The van der Waals surface area contributed by atoms with Crippen molar-refractivity contribution in [3.63, 3.8) is 0 Å². The summed E-state index contributed by atoms with van der Waals surface area (Å²) in [5.74, 6) is -1.20. The van der Waals surface area contributed by atoms with E-state index in [9.17, 15) is 14.0 Å². The molecule has 0 aromatic heterocycles. The molecule has 1 aromatic carbocycles. The van der Waals surface area contributed by atoms with Gasteiger partial charge in [0.05, 0.1) is 6.42 Å². The molecule has 104 valence electrons. The van der Waals surface area contributed by atoms with Crippen molar-refractivity contribution in [2.45, 2.75) is 32.7 Å². The summed E-state index contributed by atoms with van der Waals surface area (Å²) in [6.07, 6.45) is 0.838. The zero-order valence-corrected chi connectivity index (χ0v) is 11.2. The van der Waals surface area contributed by atoms with Crippen LogP contribution in [0.4, 0.5) is 4.39 Å². The summed E-state index contributed by atoms with van der Waals surface area (Å²) in [5.41, 5.74) is 5.96. The topological polar surface area (TPSA) is 72.2 Å². The van der Waals surface area contributed by atoms with Gasteiger partial charge in [-0.1, -0.05) is 32.4 Å². The zero-order chi connectivity index (χ0) is 14.4. The number of benzene rings is 1. The molecular formula is C14H19FN2O2. The Balaban J connectivity index is 2.62. The van der Waals surface area contributed by atoms with E-state index in [-0.39, 0.29) is 24.1 Å². The Morgan fingerprint density at radius 3 is 2.37 bits per heavy atom. The normalized spacial score (nSPS) is 13.6. The van der Waals surface area contributed by atoms with Crippen molar-refractivity contribution in [2.24, 2.45) is 11.7 Å². The first-order valence-corrected chi connectivity index (χ1v) is 6.27. The maximum absolute atomic E-state index is 12.7. The molecule has 0 saturated carbocycles. The van der Waals surface area contributed by atoms with Gasteiger partial charge in [0.1, 0.15) is 11.9 Å². The Labute approximate surface area is 112 Å². The molecule has 0 aliphatic rings. The number of primary amides is 1. The van der Waals surface area contributed by atoms with Crippen LogP contribution in [0.5, 0.6) is 0 Å². The van der Waals surface area contributed by atoms with Gasteiger partial charge in [0.2, 0.25) is 11.8 Å². The van der Waals surface area contributed by atoms with E-state index in [1.54, 1.807) is 0 Å². The lowest BCUT2D eigenvalue weighted by atomic mass is 9.98. The number of hydrogen-bond acceptors (Lipinski definition) is 2. The number of carbonyl (C=O) groups is 2. The van der Waals surface area contributed by atoms with Crippen molar-refractivity contribution >= 4 is 11.8 Å². The zero-order valence-electron chi connectivity index (χ0n) is 11.2. The van der Waals surface area contributed by atoms with Gasteiger partial charge in [-0.3, -0.25) is 9.59 Å². The van der Waals surface area contributed by atoms with Crippen LogP contribution < -0.4 is 11.1 Å². The van der Waals surface area contributed by atoms with Crippen LogP contribution in [0.3, 0.4) is 0 Å². The molecule has 0 unspecified atom stereocenters. The molecule has 0 fully saturated rings. The van der Waals surface area contributed by atoms with Crippen LogP contribution in [-0.2, 0) is 16.0 Å². The smallest absolute Gasteiger partial charge is 0.240 e. The van der Waals surface area contributed by atoms with Gasteiger partial charge in [0, 0.05) is 0 Å². The van der Waals surface area contributed by atoms with E-state index in [1.165, 1.54) is 24.3 Å². The quantitative estimate of drug-likeness (QED) is 0.816. The van der Waals surface area contributed by atoms with Crippen molar-refractivity contribution in [3.05, 3.63) is 35.6 Å². The minimum Gasteiger partial charge on any atom is -0.368 e. The summed E-state index contributed by atoms with van der Waals surface area (Å²) in [6.45, 7) is 3.78. The first-order valence-electron chi connectivity index (χ1n) is 6.27. The molecule has 0 saturated heterocycles. The molecule has 3 N–H and O–H groups in total. The lowest BCUT2D eigenvalue weighted by Crippen LogP contribution is -2.48. The highest BCUT2D eigenvalue weighted by molar-refractivity contribution is 5.87. The van der Waals surface area contributed by atoms with Gasteiger partial charge in [0.15, 0.2) is 0 Å². The molecule has 1 aromatic rings. The second-order valence-electron chi connectivity index (χ2n) is 4.64. The second kappa shape index (κ2) is 6.87. The van der Waals surface area contributed by atoms with Crippen molar-refractivity contribution in [3.8, 4) is 0 Å². The van der Waals surface area contributed by atoms with Gasteiger partial charge in [-0.2, -0.15) is 0 Å². The Morgan fingerprint density at radius 2 is 1.89 bits per heavy atom. The van der Waals surface area contributed by atoms with Crippen LogP contribution in [0.25, 0.3) is 0 Å². The van der Waals surface area contributed by atoms with Crippen LogP contribution in [0.1, 0.15) is 25.8 Å². The summed E-state index contributed by atoms with van der Waals surface area (Å²) >= 11 is 0. The molecule has 0 spiro atoms. The summed E-state index contributed by atoms with van der Waals surface area (Å²) in [7, 11) is 0. The molecule has 0 heterocycles. The molecular weight excluding hydrogens is 247 g/mol. The van der Waals surface area contributed by atoms with E-state index in [0.717, 1.165) is 6.42 Å². The number of carbonyl (C=O) groups excluding carboxylic acids is 2. The van der Waals surface area contributed by atoms with Crippen LogP contribution in [0.15, 0.2) is 24.3 Å². The maximum Gasteiger partial charge on any atom is 0.240 e. The Bertz CT molecular complexity index is 445. The van der Waals surface area contributed by atoms with Crippen LogP contribution in [-0.4, -0.2) is 17.9 Å². The summed E-state index contributed by atoms with van der Waals surface area (Å²) < 4.78 is 12.7. The fourth-order valence-electron chi connectivity index (χ4n) is 1.74. The highest BCUT2D eigenvalue weighted by Gasteiger charge is 2.23. The SMILES string of the molecule is CC[C@@H](C)[C@H](NC(=O)Cc1ccc(F)cc1)C(N)=O. The van der Waals surface area contributed by atoms with E-state index in [2.05, 4.69) is 5.32 Å². The molecule has 0 aliphatic carbocycles. The number of amides is 2. The lowest BCUT2D eigenvalue weighted by Gasteiger charge is -2.21. The third kappa shape index (κ3) is 4.69. The first kappa shape index (κ1) is 15.1. The molecule has 0 aliphatic heterocycles. The van der Waals surface area contributed by atoms with Crippen LogP contribution in [0, 0.1) is 11.7 Å². The largest absolute Gasteiger partial charge is 0.368 e. The Morgan fingerprint density at radius 1 is 1.32 bits per heavy atom. The van der Waals surface area contributed by atoms with Gasteiger partial charge >= 0.3 is 0 Å². The summed E-state index contributed by atoms with van der Waals surface area (Å²) in [4.78, 5) is 23.1.